The molecule has 1 aromatic carbocycles. The summed E-state index contributed by atoms with van der Waals surface area (Å²) in [7, 11) is 1.26. The van der Waals surface area contributed by atoms with Crippen molar-refractivity contribution in [2.24, 2.45) is 10.9 Å². The first-order chi connectivity index (χ1) is 13.3. The first kappa shape index (κ1) is 21.7. The van der Waals surface area contributed by atoms with Crippen molar-refractivity contribution in [2.75, 3.05) is 20.3 Å². The van der Waals surface area contributed by atoms with Gasteiger partial charge in [-0.05, 0) is 55.3 Å². The van der Waals surface area contributed by atoms with E-state index in [4.69, 9.17) is 4.74 Å². The fraction of sp³-hybridized carbons (Fsp3) is 0.400. The van der Waals surface area contributed by atoms with E-state index in [1.165, 1.54) is 13.2 Å². The summed E-state index contributed by atoms with van der Waals surface area (Å²) >= 11 is 1.13. The van der Waals surface area contributed by atoms with Crippen LogP contribution in [0, 0.1) is 5.92 Å². The number of nitrogens with zero attached hydrogens (tertiary/aromatic N) is 2. The summed E-state index contributed by atoms with van der Waals surface area (Å²) in [4.78, 5) is 42.3. The number of rotatable bonds is 7. The third kappa shape index (κ3) is 5.69. The number of carbonyl (C=O) groups is 3. The maximum Gasteiger partial charge on any atom is 0.338 e. The summed E-state index contributed by atoms with van der Waals surface area (Å²) in [6, 6.07) is 6.63. The number of carbonyl (C=O) groups excluding carboxylic acids is 3. The standard InChI is InChI=1S/C20H24N2O5S/c1-5-27-19(25)14-6-8-15(9-7-14)21-20-22(11-10-13(2)3)18(24)16(28-20)12-17(23)26-4/h6-9,12-13H,5,10-11H2,1-4H3/b16-12+,21-20?. The normalized spacial score (nSPS) is 16.9. The van der Waals surface area contributed by atoms with E-state index in [-0.39, 0.29) is 10.8 Å². The second kappa shape index (κ2) is 10.1. The molecule has 1 aromatic rings. The van der Waals surface area contributed by atoms with Gasteiger partial charge in [0.15, 0.2) is 5.17 Å². The van der Waals surface area contributed by atoms with Gasteiger partial charge in [0.1, 0.15) is 0 Å². The summed E-state index contributed by atoms with van der Waals surface area (Å²) in [5, 5.41) is 0.490. The molecule has 1 aliphatic heterocycles. The van der Waals surface area contributed by atoms with Gasteiger partial charge < -0.3 is 9.47 Å². The predicted octanol–water partition coefficient (Wildman–Crippen LogP) is 3.53. The molecule has 0 saturated carbocycles. The van der Waals surface area contributed by atoms with E-state index in [0.717, 1.165) is 18.2 Å². The molecule has 2 rings (SSSR count). The van der Waals surface area contributed by atoms with Crippen LogP contribution >= 0.6 is 11.8 Å². The van der Waals surface area contributed by atoms with Gasteiger partial charge in [-0.25, -0.2) is 14.6 Å². The maximum atomic E-state index is 12.7. The van der Waals surface area contributed by atoms with E-state index < -0.39 is 11.9 Å². The molecular formula is C20H24N2O5S. The molecule has 0 aromatic heterocycles. The van der Waals surface area contributed by atoms with Crippen LogP contribution in [0.25, 0.3) is 0 Å². The number of hydrogen-bond donors (Lipinski definition) is 0. The van der Waals surface area contributed by atoms with Gasteiger partial charge in [0.25, 0.3) is 5.91 Å². The van der Waals surface area contributed by atoms with Gasteiger partial charge in [-0.1, -0.05) is 13.8 Å². The monoisotopic (exact) mass is 404 g/mol. The number of methoxy groups -OCH3 is 1. The van der Waals surface area contributed by atoms with Crippen LogP contribution in [0.2, 0.25) is 0 Å². The molecule has 1 heterocycles. The summed E-state index contributed by atoms with van der Waals surface area (Å²) in [6.45, 7) is 6.70. The van der Waals surface area contributed by atoms with Gasteiger partial charge in [-0.15, -0.1) is 0 Å². The van der Waals surface area contributed by atoms with Crippen LogP contribution in [0.3, 0.4) is 0 Å². The van der Waals surface area contributed by atoms with E-state index in [2.05, 4.69) is 23.6 Å². The largest absolute Gasteiger partial charge is 0.466 e. The Hall–Kier alpha value is -2.61. The minimum absolute atomic E-state index is 0.266. The number of aliphatic imine (C=N–C) groups is 1. The van der Waals surface area contributed by atoms with E-state index in [0.29, 0.717) is 35.5 Å². The summed E-state index contributed by atoms with van der Waals surface area (Å²) in [6.07, 6.45) is 1.99. The zero-order chi connectivity index (χ0) is 20.7. The van der Waals surface area contributed by atoms with Crippen molar-refractivity contribution in [3.05, 3.63) is 40.8 Å². The highest BCUT2D eigenvalue weighted by Gasteiger charge is 2.34. The summed E-state index contributed by atoms with van der Waals surface area (Å²) in [5.41, 5.74) is 1.03. The molecule has 0 bridgehead atoms. The number of benzene rings is 1. The maximum absolute atomic E-state index is 12.7. The quantitative estimate of drug-likeness (QED) is 0.510. The van der Waals surface area contributed by atoms with Crippen molar-refractivity contribution in [1.29, 1.82) is 0 Å². The Morgan fingerprint density at radius 3 is 2.50 bits per heavy atom. The summed E-state index contributed by atoms with van der Waals surface area (Å²) in [5.74, 6) is -0.830. The molecule has 0 atom stereocenters. The number of amides is 1. The first-order valence-electron chi connectivity index (χ1n) is 9.01. The van der Waals surface area contributed by atoms with E-state index >= 15 is 0 Å². The van der Waals surface area contributed by atoms with Crippen molar-refractivity contribution >= 4 is 40.5 Å². The van der Waals surface area contributed by atoms with Crippen LogP contribution in [0.1, 0.15) is 37.6 Å². The van der Waals surface area contributed by atoms with Crippen LogP contribution in [0.15, 0.2) is 40.2 Å². The minimum atomic E-state index is -0.584. The highest BCUT2D eigenvalue weighted by atomic mass is 32.2. The van der Waals surface area contributed by atoms with Crippen molar-refractivity contribution in [1.82, 2.24) is 4.90 Å². The molecule has 8 heteroatoms. The lowest BCUT2D eigenvalue weighted by molar-refractivity contribution is -0.135. The molecule has 7 nitrogen and oxygen atoms in total. The molecule has 0 aliphatic carbocycles. The van der Waals surface area contributed by atoms with Crippen LogP contribution in [0.4, 0.5) is 5.69 Å². The van der Waals surface area contributed by atoms with Gasteiger partial charge in [0.2, 0.25) is 0 Å². The number of hydrogen-bond acceptors (Lipinski definition) is 7. The Morgan fingerprint density at radius 2 is 1.93 bits per heavy atom. The molecule has 1 saturated heterocycles. The second-order valence-electron chi connectivity index (χ2n) is 6.43. The Kier molecular flexibility index (Phi) is 7.80. The average Bonchev–Trinajstić information content (AvgIpc) is 2.95. The molecule has 0 unspecified atom stereocenters. The minimum Gasteiger partial charge on any atom is -0.466 e. The average molecular weight is 404 g/mol. The van der Waals surface area contributed by atoms with Crippen molar-refractivity contribution in [2.45, 2.75) is 27.2 Å². The van der Waals surface area contributed by atoms with E-state index in [9.17, 15) is 14.4 Å². The van der Waals surface area contributed by atoms with Crippen LogP contribution in [-0.4, -0.2) is 48.2 Å². The molecule has 0 N–H and O–H groups in total. The fourth-order valence-electron chi connectivity index (χ4n) is 2.34. The molecule has 1 fully saturated rings. The van der Waals surface area contributed by atoms with Crippen molar-refractivity contribution in [3.8, 4) is 0 Å². The van der Waals surface area contributed by atoms with E-state index in [1.54, 1.807) is 36.1 Å². The Balaban J connectivity index is 2.28. The lowest BCUT2D eigenvalue weighted by atomic mass is 10.1. The van der Waals surface area contributed by atoms with Crippen LogP contribution in [-0.2, 0) is 19.1 Å². The fourth-order valence-corrected chi connectivity index (χ4v) is 3.32. The van der Waals surface area contributed by atoms with E-state index in [1.807, 2.05) is 0 Å². The molecule has 0 radical (unpaired) electrons. The van der Waals surface area contributed by atoms with Crippen LogP contribution < -0.4 is 0 Å². The zero-order valence-corrected chi connectivity index (χ0v) is 17.2. The predicted molar refractivity (Wildman–Crippen MR) is 108 cm³/mol. The smallest absolute Gasteiger partial charge is 0.338 e. The first-order valence-corrected chi connectivity index (χ1v) is 9.82. The lowest BCUT2D eigenvalue weighted by Gasteiger charge is -2.16. The molecule has 1 aliphatic rings. The molecule has 150 valence electrons. The number of amidine groups is 1. The third-order valence-corrected chi connectivity index (χ3v) is 4.88. The Bertz CT molecular complexity index is 799. The lowest BCUT2D eigenvalue weighted by Crippen LogP contribution is -2.30. The van der Waals surface area contributed by atoms with Crippen LogP contribution in [0.5, 0.6) is 0 Å². The number of thioether (sulfide) groups is 1. The molecule has 28 heavy (non-hydrogen) atoms. The SMILES string of the molecule is CCOC(=O)c1ccc(N=C2S/C(=C/C(=O)OC)C(=O)N2CCC(C)C)cc1. The van der Waals surface area contributed by atoms with Gasteiger partial charge in [0, 0.05) is 12.6 Å². The number of ether oxygens (including phenoxy) is 2. The molecule has 0 spiro atoms. The van der Waals surface area contributed by atoms with Gasteiger partial charge in [-0.2, -0.15) is 0 Å². The van der Waals surface area contributed by atoms with Crippen molar-refractivity contribution < 1.29 is 23.9 Å². The van der Waals surface area contributed by atoms with Crippen molar-refractivity contribution in [3.63, 3.8) is 0 Å². The highest BCUT2D eigenvalue weighted by Crippen LogP contribution is 2.33. The summed E-state index contributed by atoms with van der Waals surface area (Å²) < 4.78 is 9.59. The zero-order valence-electron chi connectivity index (χ0n) is 16.4. The molecular weight excluding hydrogens is 380 g/mol. The second-order valence-corrected chi connectivity index (χ2v) is 7.44. The van der Waals surface area contributed by atoms with Gasteiger partial charge in [-0.3, -0.25) is 9.69 Å². The highest BCUT2D eigenvalue weighted by molar-refractivity contribution is 8.18. The topological polar surface area (TPSA) is 85.3 Å². The molecule has 1 amide bonds. The Labute approximate surface area is 168 Å². The third-order valence-electron chi connectivity index (χ3n) is 3.87. The Morgan fingerprint density at radius 1 is 1.25 bits per heavy atom. The number of esters is 2. The van der Waals surface area contributed by atoms with Gasteiger partial charge >= 0.3 is 11.9 Å². The van der Waals surface area contributed by atoms with Gasteiger partial charge in [0.05, 0.1) is 29.9 Å².